The number of carbonyl (C=O) groups excluding carboxylic acids is 2. The number of likely N-dealkylation sites (tertiary alicyclic amines) is 1. The molecule has 8 nitrogen and oxygen atoms in total. The Labute approximate surface area is 226 Å². The smallest absolute Gasteiger partial charge is 0.261 e. The zero-order valence-electron chi connectivity index (χ0n) is 22.0. The number of rotatable bonds is 6. The predicted molar refractivity (Wildman–Crippen MR) is 147 cm³/mol. The van der Waals surface area contributed by atoms with Gasteiger partial charge in [-0.05, 0) is 68.5 Å². The van der Waals surface area contributed by atoms with Crippen LogP contribution in [0.25, 0.3) is 22.3 Å². The molecule has 0 N–H and O–H groups in total. The summed E-state index contributed by atoms with van der Waals surface area (Å²) in [6, 6.07) is 13.9. The van der Waals surface area contributed by atoms with Crippen molar-refractivity contribution in [2.45, 2.75) is 43.6 Å². The van der Waals surface area contributed by atoms with E-state index in [0.717, 1.165) is 66.8 Å². The normalized spacial score (nSPS) is 23.3. The minimum Gasteiger partial charge on any atom is -0.305 e. The number of benzene rings is 2. The molecular weight excluding hydrogens is 488 g/mol. The van der Waals surface area contributed by atoms with Gasteiger partial charge in [-0.3, -0.25) is 24.2 Å². The standard InChI is InChI=1S/C31H30N6O2/c1-35-15-21(16-35)20-8-9-26-27(12-20)32-13-28(33-26)25-17-37(34-29(25)19-6-7-19)22-10-18(11-22)14-36-30(38)23-4-2-3-5-24(23)31(36)39/h2-5,8-9,12-13,17-19,21-22H,6-7,10-11,14-16H2,1H3/t18-,22-. The van der Waals surface area contributed by atoms with Crippen LogP contribution < -0.4 is 0 Å². The van der Waals surface area contributed by atoms with Gasteiger partial charge in [-0.25, -0.2) is 4.98 Å². The highest BCUT2D eigenvalue weighted by molar-refractivity contribution is 6.21. The fourth-order valence-electron chi connectivity index (χ4n) is 6.50. The van der Waals surface area contributed by atoms with Gasteiger partial charge in [0.25, 0.3) is 11.8 Å². The lowest BCUT2D eigenvalue weighted by molar-refractivity contribution is 0.0561. The van der Waals surface area contributed by atoms with Gasteiger partial charge in [-0.1, -0.05) is 18.2 Å². The molecule has 39 heavy (non-hydrogen) atoms. The molecule has 2 saturated carbocycles. The third-order valence-corrected chi connectivity index (χ3v) is 9.01. The summed E-state index contributed by atoms with van der Waals surface area (Å²) in [4.78, 5) is 39.1. The van der Waals surface area contributed by atoms with Gasteiger partial charge >= 0.3 is 0 Å². The van der Waals surface area contributed by atoms with Gasteiger partial charge < -0.3 is 4.90 Å². The molecule has 0 unspecified atom stereocenters. The van der Waals surface area contributed by atoms with Crippen molar-refractivity contribution < 1.29 is 9.59 Å². The van der Waals surface area contributed by atoms with Crippen molar-refractivity contribution in [2.75, 3.05) is 26.7 Å². The second-order valence-corrected chi connectivity index (χ2v) is 11.9. The monoisotopic (exact) mass is 518 g/mol. The Hall–Kier alpha value is -3.91. The summed E-state index contributed by atoms with van der Waals surface area (Å²) in [6.45, 7) is 2.67. The molecule has 4 heterocycles. The van der Waals surface area contributed by atoms with E-state index in [9.17, 15) is 9.59 Å². The van der Waals surface area contributed by atoms with Crippen LogP contribution in [0.2, 0.25) is 0 Å². The third-order valence-electron chi connectivity index (χ3n) is 9.01. The van der Waals surface area contributed by atoms with Gasteiger partial charge in [-0.15, -0.1) is 0 Å². The Balaban J connectivity index is 0.998. The van der Waals surface area contributed by atoms with Crippen molar-refractivity contribution in [2.24, 2.45) is 5.92 Å². The first-order chi connectivity index (χ1) is 19.0. The Morgan fingerprint density at radius 1 is 0.897 bits per heavy atom. The Morgan fingerprint density at radius 3 is 2.33 bits per heavy atom. The number of hydrogen-bond acceptors (Lipinski definition) is 6. The first kappa shape index (κ1) is 23.0. The minimum absolute atomic E-state index is 0.168. The zero-order chi connectivity index (χ0) is 26.2. The first-order valence-corrected chi connectivity index (χ1v) is 14.0. The summed E-state index contributed by atoms with van der Waals surface area (Å²) in [7, 11) is 2.15. The number of nitrogens with zero attached hydrogens (tertiary/aromatic N) is 6. The molecule has 8 rings (SSSR count). The maximum Gasteiger partial charge on any atom is 0.261 e. The molecular formula is C31H30N6O2. The van der Waals surface area contributed by atoms with E-state index in [1.165, 1.54) is 10.5 Å². The molecule has 4 aromatic rings. The number of imide groups is 1. The zero-order valence-corrected chi connectivity index (χ0v) is 22.0. The van der Waals surface area contributed by atoms with E-state index in [0.29, 0.717) is 35.4 Å². The molecule has 0 radical (unpaired) electrons. The highest BCUT2D eigenvalue weighted by Gasteiger charge is 2.41. The molecule has 4 aliphatic rings. The van der Waals surface area contributed by atoms with Crippen LogP contribution in [-0.4, -0.2) is 68.0 Å². The third kappa shape index (κ3) is 3.80. The van der Waals surface area contributed by atoms with Crippen LogP contribution in [0.4, 0.5) is 0 Å². The van der Waals surface area contributed by atoms with Gasteiger partial charge in [-0.2, -0.15) is 5.10 Å². The number of fused-ring (bicyclic) bond motifs is 2. The molecule has 2 aromatic carbocycles. The molecule has 3 fully saturated rings. The summed E-state index contributed by atoms with van der Waals surface area (Å²) >= 11 is 0. The molecule has 1 saturated heterocycles. The lowest BCUT2D eigenvalue weighted by Gasteiger charge is -2.37. The molecule has 2 aromatic heterocycles. The van der Waals surface area contributed by atoms with E-state index >= 15 is 0 Å². The van der Waals surface area contributed by atoms with Crippen molar-refractivity contribution in [3.63, 3.8) is 0 Å². The second-order valence-electron chi connectivity index (χ2n) is 11.9. The number of likely N-dealkylation sites (N-methyl/N-ethyl adjacent to an activating group) is 1. The average Bonchev–Trinajstić information content (AvgIpc) is 3.62. The molecule has 0 spiro atoms. The molecule has 2 aliphatic carbocycles. The van der Waals surface area contributed by atoms with Crippen LogP contribution in [0.1, 0.15) is 75.5 Å². The highest BCUT2D eigenvalue weighted by atomic mass is 16.2. The van der Waals surface area contributed by atoms with Crippen molar-refractivity contribution in [3.8, 4) is 11.3 Å². The van der Waals surface area contributed by atoms with Gasteiger partial charge in [0.05, 0.1) is 45.8 Å². The second kappa shape index (κ2) is 8.55. The Morgan fingerprint density at radius 2 is 1.64 bits per heavy atom. The number of amides is 2. The largest absolute Gasteiger partial charge is 0.305 e. The molecule has 0 atom stereocenters. The van der Waals surface area contributed by atoms with Crippen LogP contribution in [0.5, 0.6) is 0 Å². The summed E-state index contributed by atoms with van der Waals surface area (Å²) in [5.41, 5.74) is 7.34. The van der Waals surface area contributed by atoms with E-state index in [4.69, 9.17) is 15.1 Å². The van der Waals surface area contributed by atoms with Gasteiger partial charge in [0.2, 0.25) is 0 Å². The van der Waals surface area contributed by atoms with Gasteiger partial charge in [0.1, 0.15) is 0 Å². The summed E-state index contributed by atoms with van der Waals surface area (Å²) < 4.78 is 2.10. The Kier molecular flexibility index (Phi) is 5.04. The van der Waals surface area contributed by atoms with Crippen LogP contribution in [0.15, 0.2) is 54.9 Å². The molecule has 8 heteroatoms. The Bertz CT molecular complexity index is 1610. The summed E-state index contributed by atoms with van der Waals surface area (Å²) in [6.07, 6.45) is 8.18. The highest BCUT2D eigenvalue weighted by Crippen LogP contribution is 2.46. The first-order valence-electron chi connectivity index (χ1n) is 14.0. The molecule has 2 amide bonds. The van der Waals surface area contributed by atoms with Crippen molar-refractivity contribution >= 4 is 22.8 Å². The number of hydrogen-bond donors (Lipinski definition) is 0. The molecule has 196 valence electrons. The predicted octanol–water partition coefficient (Wildman–Crippen LogP) is 4.65. The quantitative estimate of drug-likeness (QED) is 0.346. The van der Waals surface area contributed by atoms with Crippen LogP contribution in [0, 0.1) is 5.92 Å². The fraction of sp³-hybridized carbons (Fsp3) is 0.387. The summed E-state index contributed by atoms with van der Waals surface area (Å²) in [5.74, 6) is 1.03. The van der Waals surface area contributed by atoms with Gasteiger partial charge in [0.15, 0.2) is 0 Å². The molecule has 2 aliphatic heterocycles. The number of carbonyl (C=O) groups is 2. The van der Waals surface area contributed by atoms with Crippen molar-refractivity contribution in [1.82, 2.24) is 29.5 Å². The van der Waals surface area contributed by atoms with Crippen LogP contribution >= 0.6 is 0 Å². The fourth-order valence-corrected chi connectivity index (χ4v) is 6.50. The van der Waals surface area contributed by atoms with E-state index in [-0.39, 0.29) is 17.9 Å². The maximum absolute atomic E-state index is 12.8. The molecule has 0 bridgehead atoms. The number of aromatic nitrogens is 4. The van der Waals surface area contributed by atoms with Crippen LogP contribution in [-0.2, 0) is 0 Å². The maximum atomic E-state index is 12.8. The SMILES string of the molecule is CN1CC(c2ccc3nc(-c4cn([C@H]5C[C@H](CN6C(=O)c7ccccc7C6=O)C5)nc4C4CC4)cnc3c2)C1. The van der Waals surface area contributed by atoms with Crippen LogP contribution in [0.3, 0.4) is 0 Å². The lowest BCUT2D eigenvalue weighted by Crippen LogP contribution is -2.41. The average molecular weight is 519 g/mol. The van der Waals surface area contributed by atoms with E-state index in [1.54, 1.807) is 12.1 Å². The van der Waals surface area contributed by atoms with Gasteiger partial charge in [0, 0.05) is 43.2 Å². The van der Waals surface area contributed by atoms with Crippen molar-refractivity contribution in [1.29, 1.82) is 0 Å². The van der Waals surface area contributed by atoms with E-state index in [1.807, 2.05) is 18.3 Å². The van der Waals surface area contributed by atoms with E-state index < -0.39 is 0 Å². The minimum atomic E-state index is -0.168. The summed E-state index contributed by atoms with van der Waals surface area (Å²) in [5, 5.41) is 5.04. The lowest BCUT2D eigenvalue weighted by atomic mass is 9.80. The van der Waals surface area contributed by atoms with Crippen molar-refractivity contribution in [3.05, 3.63) is 77.2 Å². The van der Waals surface area contributed by atoms with E-state index in [2.05, 4.69) is 41.0 Å². The topological polar surface area (TPSA) is 84.2 Å².